The molecule has 0 spiro atoms. The lowest BCUT2D eigenvalue weighted by molar-refractivity contribution is -0.0498. The fourth-order valence-corrected chi connectivity index (χ4v) is 3.56. The van der Waals surface area contributed by atoms with Crippen LogP contribution in [0.4, 0.5) is 8.78 Å². The maximum absolute atomic E-state index is 12.2. The smallest absolute Gasteiger partial charge is 0.387 e. The molecule has 2 aromatic carbocycles. The lowest BCUT2D eigenvalue weighted by Gasteiger charge is -2.21. The number of benzene rings is 2. The molecule has 150 valence electrons. The van der Waals surface area contributed by atoms with Crippen LogP contribution in [0.5, 0.6) is 5.75 Å². The van der Waals surface area contributed by atoms with Crippen LogP contribution in [0.15, 0.2) is 48.5 Å². The Morgan fingerprint density at radius 2 is 1.86 bits per heavy atom. The first-order valence-electron chi connectivity index (χ1n) is 9.26. The van der Waals surface area contributed by atoms with Crippen molar-refractivity contribution in [1.82, 2.24) is 10.6 Å². The van der Waals surface area contributed by atoms with Crippen LogP contribution in [0.1, 0.15) is 40.4 Å². The molecule has 3 unspecified atom stereocenters. The highest BCUT2D eigenvalue weighted by molar-refractivity contribution is 5.93. The van der Waals surface area contributed by atoms with Crippen molar-refractivity contribution in [2.75, 3.05) is 7.05 Å². The van der Waals surface area contributed by atoms with E-state index in [0.29, 0.717) is 11.1 Å². The molecular formula is C21H24F2N2O3. The predicted molar refractivity (Wildman–Crippen MR) is 102 cm³/mol. The largest absolute Gasteiger partial charge is 0.435 e. The second-order valence-electron chi connectivity index (χ2n) is 6.92. The van der Waals surface area contributed by atoms with Crippen molar-refractivity contribution >= 4 is 5.91 Å². The number of alkyl halides is 2. The van der Waals surface area contributed by atoms with Gasteiger partial charge in [-0.15, -0.1) is 0 Å². The zero-order chi connectivity index (χ0) is 20.1. The molecule has 0 aliphatic carbocycles. The third kappa shape index (κ3) is 5.05. The molecule has 1 aliphatic rings. The summed E-state index contributed by atoms with van der Waals surface area (Å²) in [7, 11) is 1.60. The number of amides is 1. The molecule has 3 rings (SSSR count). The van der Waals surface area contributed by atoms with E-state index in [1.165, 1.54) is 12.1 Å². The van der Waals surface area contributed by atoms with Crippen LogP contribution < -0.4 is 15.4 Å². The van der Waals surface area contributed by atoms with Crippen molar-refractivity contribution in [1.29, 1.82) is 0 Å². The molecule has 3 atom stereocenters. The number of nitrogens with one attached hydrogen (secondary N) is 2. The summed E-state index contributed by atoms with van der Waals surface area (Å²) in [6.07, 6.45) is 1.82. The maximum Gasteiger partial charge on any atom is 0.387 e. The summed E-state index contributed by atoms with van der Waals surface area (Å²) in [6, 6.07) is 13.7. The number of aliphatic hydroxyl groups is 1. The van der Waals surface area contributed by atoms with Crippen LogP contribution in [0, 0.1) is 0 Å². The average Bonchev–Trinajstić information content (AvgIpc) is 3.16. The quantitative estimate of drug-likeness (QED) is 0.680. The van der Waals surface area contributed by atoms with Gasteiger partial charge in [0.15, 0.2) is 0 Å². The van der Waals surface area contributed by atoms with Gasteiger partial charge in [0.1, 0.15) is 5.75 Å². The first-order valence-corrected chi connectivity index (χ1v) is 9.26. The summed E-state index contributed by atoms with van der Waals surface area (Å²) in [4.78, 5) is 11.6. The molecule has 1 aliphatic heterocycles. The summed E-state index contributed by atoms with van der Waals surface area (Å²) in [5, 5.41) is 16.7. The summed E-state index contributed by atoms with van der Waals surface area (Å²) < 4.78 is 28.8. The van der Waals surface area contributed by atoms with Crippen molar-refractivity contribution < 1.29 is 23.4 Å². The number of halogens is 2. The monoisotopic (exact) mass is 390 g/mol. The van der Waals surface area contributed by atoms with Gasteiger partial charge < -0.3 is 20.5 Å². The molecule has 3 N–H and O–H groups in total. The molecular weight excluding hydrogens is 366 g/mol. The van der Waals surface area contributed by atoms with Crippen LogP contribution >= 0.6 is 0 Å². The first kappa shape index (κ1) is 20.2. The van der Waals surface area contributed by atoms with E-state index < -0.39 is 12.7 Å². The summed E-state index contributed by atoms with van der Waals surface area (Å²) in [5.74, 6) is -0.0397. The number of carbonyl (C=O) groups excluding carboxylic acids is 1. The lowest BCUT2D eigenvalue weighted by Crippen LogP contribution is -2.35. The highest BCUT2D eigenvalue weighted by Crippen LogP contribution is 2.28. The Hall–Kier alpha value is -2.51. The number of hydrogen-bond acceptors (Lipinski definition) is 4. The SMILES string of the molecule is CNC(=O)c1ccc(CC2CCC(C(O)c3ccc(OC(F)F)cc3)N2)cc1. The van der Waals surface area contributed by atoms with Crippen LogP contribution in [-0.4, -0.2) is 36.8 Å². The fourth-order valence-electron chi connectivity index (χ4n) is 3.56. The third-order valence-electron chi connectivity index (χ3n) is 5.03. The van der Waals surface area contributed by atoms with Gasteiger partial charge >= 0.3 is 6.61 Å². The second kappa shape index (κ2) is 9.12. The van der Waals surface area contributed by atoms with E-state index in [1.54, 1.807) is 31.3 Å². The number of aliphatic hydroxyl groups excluding tert-OH is 1. The predicted octanol–water partition coefficient (Wildman–Crippen LogP) is 3.04. The topological polar surface area (TPSA) is 70.6 Å². The van der Waals surface area contributed by atoms with E-state index in [-0.39, 0.29) is 23.7 Å². The van der Waals surface area contributed by atoms with Crippen LogP contribution in [0.2, 0.25) is 0 Å². The normalized spacial score (nSPS) is 20.2. The van der Waals surface area contributed by atoms with Crippen LogP contribution in [0.25, 0.3) is 0 Å². The van der Waals surface area contributed by atoms with E-state index >= 15 is 0 Å². The molecule has 1 amide bonds. The van der Waals surface area contributed by atoms with Gasteiger partial charge in [-0.05, 0) is 54.7 Å². The molecule has 0 aromatic heterocycles. The van der Waals surface area contributed by atoms with Crippen LogP contribution in [0.3, 0.4) is 0 Å². The first-order chi connectivity index (χ1) is 13.5. The molecule has 7 heteroatoms. The van der Waals surface area contributed by atoms with Gasteiger partial charge in [0.05, 0.1) is 6.10 Å². The lowest BCUT2D eigenvalue weighted by atomic mass is 10.0. The van der Waals surface area contributed by atoms with E-state index in [0.717, 1.165) is 24.8 Å². The molecule has 2 aromatic rings. The molecule has 28 heavy (non-hydrogen) atoms. The Balaban J connectivity index is 1.55. The van der Waals surface area contributed by atoms with Crippen molar-refractivity contribution in [3.63, 3.8) is 0 Å². The molecule has 1 heterocycles. The molecule has 0 radical (unpaired) electrons. The van der Waals surface area contributed by atoms with Gasteiger partial charge in [-0.1, -0.05) is 24.3 Å². The molecule has 5 nitrogen and oxygen atoms in total. The molecule has 0 saturated carbocycles. The molecule has 1 saturated heterocycles. The van der Waals surface area contributed by atoms with Crippen molar-refractivity contribution in [2.24, 2.45) is 0 Å². The Kier molecular flexibility index (Phi) is 6.59. The van der Waals surface area contributed by atoms with E-state index in [9.17, 15) is 18.7 Å². The van der Waals surface area contributed by atoms with Gasteiger partial charge in [0, 0.05) is 24.7 Å². The third-order valence-corrected chi connectivity index (χ3v) is 5.03. The summed E-state index contributed by atoms with van der Waals surface area (Å²) in [6.45, 7) is -2.86. The summed E-state index contributed by atoms with van der Waals surface area (Å²) >= 11 is 0. The number of hydrogen-bond donors (Lipinski definition) is 3. The van der Waals surface area contributed by atoms with Gasteiger partial charge in [0.2, 0.25) is 0 Å². The van der Waals surface area contributed by atoms with E-state index in [4.69, 9.17) is 0 Å². The zero-order valence-corrected chi connectivity index (χ0v) is 15.6. The van der Waals surface area contributed by atoms with E-state index in [1.807, 2.05) is 12.1 Å². The minimum Gasteiger partial charge on any atom is -0.435 e. The van der Waals surface area contributed by atoms with Crippen LogP contribution in [-0.2, 0) is 6.42 Å². The van der Waals surface area contributed by atoms with Gasteiger partial charge in [-0.25, -0.2) is 0 Å². The Morgan fingerprint density at radius 3 is 2.46 bits per heavy atom. The zero-order valence-electron chi connectivity index (χ0n) is 15.6. The second-order valence-corrected chi connectivity index (χ2v) is 6.92. The standard InChI is InChI=1S/C21H24F2N2O3/c1-24-20(27)15-4-2-13(3-5-15)12-16-8-11-18(25-16)19(26)14-6-9-17(10-7-14)28-21(22)23/h2-7,9-10,16,18-19,21,25-26H,8,11-12H2,1H3,(H,24,27). The Labute approximate surface area is 162 Å². The van der Waals surface area contributed by atoms with Gasteiger partial charge in [-0.2, -0.15) is 8.78 Å². The van der Waals surface area contributed by atoms with E-state index in [2.05, 4.69) is 15.4 Å². The van der Waals surface area contributed by atoms with Crippen molar-refractivity contribution in [2.45, 2.75) is 44.1 Å². The maximum atomic E-state index is 12.2. The Morgan fingerprint density at radius 1 is 1.18 bits per heavy atom. The van der Waals surface area contributed by atoms with Crippen molar-refractivity contribution in [3.05, 3.63) is 65.2 Å². The average molecular weight is 390 g/mol. The minimum absolute atomic E-state index is 0.0726. The van der Waals surface area contributed by atoms with Gasteiger partial charge in [-0.3, -0.25) is 4.79 Å². The highest BCUT2D eigenvalue weighted by Gasteiger charge is 2.30. The Bertz CT molecular complexity index is 781. The van der Waals surface area contributed by atoms with Gasteiger partial charge in [0.25, 0.3) is 5.91 Å². The minimum atomic E-state index is -2.86. The number of carbonyl (C=O) groups is 1. The fraction of sp³-hybridized carbons (Fsp3) is 0.381. The summed E-state index contributed by atoms with van der Waals surface area (Å²) in [5.41, 5.74) is 2.40. The molecule has 0 bridgehead atoms. The van der Waals surface area contributed by atoms with Crippen molar-refractivity contribution in [3.8, 4) is 5.75 Å². The number of rotatable bonds is 7. The number of ether oxygens (including phenoxy) is 1. The highest BCUT2D eigenvalue weighted by atomic mass is 19.3. The molecule has 1 fully saturated rings.